The van der Waals surface area contributed by atoms with Crippen molar-refractivity contribution in [1.82, 2.24) is 15.0 Å². The lowest BCUT2D eigenvalue weighted by Crippen LogP contribution is -2.20. The van der Waals surface area contributed by atoms with Crippen LogP contribution < -0.4 is 16.0 Å². The van der Waals surface area contributed by atoms with Gasteiger partial charge in [0, 0.05) is 20.1 Å². The minimum absolute atomic E-state index is 0.263. The Hall–Kier alpha value is -1.59. The number of nitrogens with two attached hydrogens (primary N) is 1. The number of nitrogens with zero attached hydrogens (tertiary/aromatic N) is 4. The Bertz CT molecular complexity index is 358. The summed E-state index contributed by atoms with van der Waals surface area (Å²) in [7, 11) is 3.77. The third-order valence-corrected chi connectivity index (χ3v) is 2.73. The lowest BCUT2D eigenvalue weighted by Gasteiger charge is -2.15. The molecule has 0 aliphatic heterocycles. The van der Waals surface area contributed by atoms with Crippen LogP contribution in [0.4, 0.5) is 17.8 Å². The van der Waals surface area contributed by atoms with E-state index in [-0.39, 0.29) is 5.95 Å². The van der Waals surface area contributed by atoms with Gasteiger partial charge in [-0.15, -0.1) is 0 Å². The van der Waals surface area contributed by atoms with E-state index in [9.17, 15) is 0 Å². The van der Waals surface area contributed by atoms with Crippen molar-refractivity contribution in [1.29, 1.82) is 0 Å². The Balaban J connectivity index is 2.13. The van der Waals surface area contributed by atoms with E-state index in [1.165, 1.54) is 25.7 Å². The molecule has 1 aliphatic rings. The molecule has 1 heterocycles. The van der Waals surface area contributed by atoms with Gasteiger partial charge < -0.3 is 16.0 Å². The van der Waals surface area contributed by atoms with Crippen LogP contribution in [0.25, 0.3) is 0 Å². The summed E-state index contributed by atoms with van der Waals surface area (Å²) >= 11 is 0. The highest BCUT2D eigenvalue weighted by Crippen LogP contribution is 2.21. The zero-order valence-electron chi connectivity index (χ0n) is 9.77. The number of nitrogens with one attached hydrogen (secondary N) is 1. The van der Waals surface area contributed by atoms with Crippen LogP contribution in [0.15, 0.2) is 0 Å². The van der Waals surface area contributed by atoms with Crippen LogP contribution in [0, 0.1) is 0 Å². The van der Waals surface area contributed by atoms with E-state index in [4.69, 9.17) is 5.73 Å². The zero-order valence-corrected chi connectivity index (χ0v) is 9.77. The summed E-state index contributed by atoms with van der Waals surface area (Å²) in [5, 5.41) is 3.31. The summed E-state index contributed by atoms with van der Waals surface area (Å²) in [6, 6.07) is 0.483. The molecule has 6 nitrogen and oxygen atoms in total. The second kappa shape index (κ2) is 4.51. The molecule has 2 rings (SSSR count). The van der Waals surface area contributed by atoms with Gasteiger partial charge in [0.05, 0.1) is 0 Å². The minimum Gasteiger partial charge on any atom is -0.368 e. The third-order valence-electron chi connectivity index (χ3n) is 2.73. The van der Waals surface area contributed by atoms with Crippen molar-refractivity contribution >= 4 is 17.8 Å². The van der Waals surface area contributed by atoms with Crippen molar-refractivity contribution in [2.75, 3.05) is 30.0 Å². The number of hydrogen-bond acceptors (Lipinski definition) is 6. The molecular formula is C10H18N6. The maximum Gasteiger partial charge on any atom is 0.231 e. The predicted octanol–water partition coefficient (Wildman–Crippen LogP) is 0.874. The second-order valence-corrected chi connectivity index (χ2v) is 4.34. The molecule has 1 aliphatic carbocycles. The van der Waals surface area contributed by atoms with Crippen LogP contribution in [-0.2, 0) is 0 Å². The molecule has 1 aromatic rings. The van der Waals surface area contributed by atoms with Crippen LogP contribution >= 0.6 is 0 Å². The molecule has 0 unspecified atom stereocenters. The fourth-order valence-electron chi connectivity index (χ4n) is 1.90. The first kappa shape index (κ1) is 10.9. The largest absolute Gasteiger partial charge is 0.368 e. The van der Waals surface area contributed by atoms with Gasteiger partial charge in [0.2, 0.25) is 17.8 Å². The van der Waals surface area contributed by atoms with Crippen LogP contribution in [0.5, 0.6) is 0 Å². The molecule has 88 valence electrons. The summed E-state index contributed by atoms with van der Waals surface area (Å²) in [5.74, 6) is 1.44. The molecule has 1 saturated carbocycles. The molecular weight excluding hydrogens is 204 g/mol. The van der Waals surface area contributed by atoms with Crippen LogP contribution in [0.3, 0.4) is 0 Å². The van der Waals surface area contributed by atoms with E-state index < -0.39 is 0 Å². The van der Waals surface area contributed by atoms with Gasteiger partial charge in [-0.2, -0.15) is 15.0 Å². The summed E-state index contributed by atoms with van der Waals surface area (Å²) < 4.78 is 0. The van der Waals surface area contributed by atoms with Gasteiger partial charge in [-0.05, 0) is 12.8 Å². The Morgan fingerprint density at radius 2 is 1.88 bits per heavy atom. The van der Waals surface area contributed by atoms with Gasteiger partial charge >= 0.3 is 0 Å². The number of rotatable bonds is 3. The lowest BCUT2D eigenvalue weighted by atomic mass is 10.3. The molecule has 3 N–H and O–H groups in total. The van der Waals surface area contributed by atoms with Crippen molar-refractivity contribution in [3.63, 3.8) is 0 Å². The summed E-state index contributed by atoms with van der Waals surface area (Å²) in [6.45, 7) is 0. The second-order valence-electron chi connectivity index (χ2n) is 4.34. The van der Waals surface area contributed by atoms with Crippen molar-refractivity contribution in [3.8, 4) is 0 Å². The standard InChI is InChI=1S/C10H18N6/c1-16(2)10-14-8(11)13-9(15-10)12-7-5-3-4-6-7/h7H,3-6H2,1-2H3,(H3,11,12,13,14,15). The summed E-state index contributed by atoms with van der Waals surface area (Å²) in [5.41, 5.74) is 5.64. The van der Waals surface area contributed by atoms with E-state index in [1.807, 2.05) is 19.0 Å². The van der Waals surface area contributed by atoms with Gasteiger partial charge in [-0.1, -0.05) is 12.8 Å². The van der Waals surface area contributed by atoms with Crippen molar-refractivity contribution < 1.29 is 0 Å². The molecule has 0 atom stereocenters. The first-order valence-corrected chi connectivity index (χ1v) is 5.60. The first-order valence-electron chi connectivity index (χ1n) is 5.60. The van der Waals surface area contributed by atoms with Gasteiger partial charge in [-0.3, -0.25) is 0 Å². The number of anilines is 3. The van der Waals surface area contributed by atoms with E-state index in [0.29, 0.717) is 17.9 Å². The highest BCUT2D eigenvalue weighted by atomic mass is 15.3. The summed E-state index contributed by atoms with van der Waals surface area (Å²) in [4.78, 5) is 14.3. The molecule has 16 heavy (non-hydrogen) atoms. The molecule has 0 spiro atoms. The van der Waals surface area contributed by atoms with Gasteiger partial charge in [0.1, 0.15) is 0 Å². The number of aromatic nitrogens is 3. The van der Waals surface area contributed by atoms with E-state index in [1.54, 1.807) is 0 Å². The quantitative estimate of drug-likeness (QED) is 0.790. The average Bonchev–Trinajstić information content (AvgIpc) is 2.69. The number of hydrogen-bond donors (Lipinski definition) is 2. The monoisotopic (exact) mass is 222 g/mol. The highest BCUT2D eigenvalue weighted by Gasteiger charge is 2.16. The maximum absolute atomic E-state index is 5.64. The van der Waals surface area contributed by atoms with Crippen LogP contribution in [0.1, 0.15) is 25.7 Å². The fraction of sp³-hybridized carbons (Fsp3) is 0.700. The molecule has 6 heteroatoms. The molecule has 0 radical (unpaired) electrons. The zero-order chi connectivity index (χ0) is 11.5. The SMILES string of the molecule is CN(C)c1nc(N)nc(NC2CCCC2)n1. The normalized spacial score (nSPS) is 16.4. The lowest BCUT2D eigenvalue weighted by molar-refractivity contribution is 0.742. The average molecular weight is 222 g/mol. The minimum atomic E-state index is 0.263. The Labute approximate surface area is 95.3 Å². The predicted molar refractivity (Wildman–Crippen MR) is 64.4 cm³/mol. The third kappa shape index (κ3) is 2.50. The van der Waals surface area contributed by atoms with E-state index in [0.717, 1.165) is 0 Å². The first-order chi connectivity index (χ1) is 7.65. The molecule has 0 saturated heterocycles. The van der Waals surface area contributed by atoms with Crippen LogP contribution in [-0.4, -0.2) is 35.1 Å². The summed E-state index contributed by atoms with van der Waals surface area (Å²) in [6.07, 6.45) is 4.92. The van der Waals surface area contributed by atoms with Crippen molar-refractivity contribution in [2.24, 2.45) is 0 Å². The molecule has 0 amide bonds. The number of nitrogen functional groups attached to an aromatic ring is 1. The fourth-order valence-corrected chi connectivity index (χ4v) is 1.90. The topological polar surface area (TPSA) is 80.0 Å². The smallest absolute Gasteiger partial charge is 0.231 e. The van der Waals surface area contributed by atoms with Crippen LogP contribution in [0.2, 0.25) is 0 Å². The molecule has 0 bridgehead atoms. The van der Waals surface area contributed by atoms with Gasteiger partial charge in [0.25, 0.3) is 0 Å². The highest BCUT2D eigenvalue weighted by molar-refractivity contribution is 5.41. The van der Waals surface area contributed by atoms with Gasteiger partial charge in [-0.25, -0.2) is 0 Å². The van der Waals surface area contributed by atoms with Crippen molar-refractivity contribution in [2.45, 2.75) is 31.7 Å². The Morgan fingerprint density at radius 1 is 1.19 bits per heavy atom. The molecule has 1 aromatic heterocycles. The Kier molecular flexibility index (Phi) is 3.07. The van der Waals surface area contributed by atoms with Crippen molar-refractivity contribution in [3.05, 3.63) is 0 Å². The maximum atomic E-state index is 5.64. The van der Waals surface area contributed by atoms with Gasteiger partial charge in [0.15, 0.2) is 0 Å². The molecule has 1 fully saturated rings. The molecule has 0 aromatic carbocycles. The van der Waals surface area contributed by atoms with E-state index in [2.05, 4.69) is 20.3 Å². The van der Waals surface area contributed by atoms with E-state index >= 15 is 0 Å². The Morgan fingerprint density at radius 3 is 2.50 bits per heavy atom.